The Hall–Kier alpha value is -2.86. The van der Waals surface area contributed by atoms with Crippen LogP contribution < -0.4 is 0 Å². The lowest BCUT2D eigenvalue weighted by molar-refractivity contribution is 0.0994. The van der Waals surface area contributed by atoms with Gasteiger partial charge in [0.2, 0.25) is 0 Å². The number of benzene rings is 2. The number of fused-ring (bicyclic) bond motifs is 1. The number of para-hydroxylation sites is 1. The first kappa shape index (κ1) is 14.1. The van der Waals surface area contributed by atoms with Crippen molar-refractivity contribution in [2.75, 3.05) is 0 Å². The van der Waals surface area contributed by atoms with Crippen molar-refractivity contribution in [3.63, 3.8) is 0 Å². The zero-order valence-corrected chi connectivity index (χ0v) is 12.6. The summed E-state index contributed by atoms with van der Waals surface area (Å²) in [4.78, 5) is 16.2. The number of ketones is 1. The van der Waals surface area contributed by atoms with Crippen molar-refractivity contribution >= 4 is 22.4 Å². The number of Topliss-reactive ketones (excluding diaryl/α,β-unsaturated/α-hetero) is 1. The van der Waals surface area contributed by atoms with Crippen molar-refractivity contribution in [2.45, 2.75) is 13.3 Å². The first-order valence-corrected chi connectivity index (χ1v) is 7.14. The van der Waals surface area contributed by atoms with Gasteiger partial charge in [-0.25, -0.2) is 4.85 Å². The van der Waals surface area contributed by atoms with Crippen LogP contribution in [0.2, 0.25) is 0 Å². The third kappa shape index (κ3) is 2.40. The van der Waals surface area contributed by atoms with E-state index in [0.29, 0.717) is 5.69 Å². The zero-order chi connectivity index (χ0) is 15.7. The predicted octanol–water partition coefficient (Wildman–Crippen LogP) is 4.46. The number of carbonyl (C=O) groups is 1. The van der Waals surface area contributed by atoms with E-state index in [1.807, 2.05) is 67.2 Å². The van der Waals surface area contributed by atoms with Crippen molar-refractivity contribution in [1.82, 2.24) is 4.57 Å². The number of aryl methyl sites for hydroxylation is 2. The molecule has 0 radical (unpaired) electrons. The van der Waals surface area contributed by atoms with Crippen LogP contribution in [0.4, 0.5) is 5.69 Å². The first-order valence-electron chi connectivity index (χ1n) is 7.14. The second-order valence-corrected chi connectivity index (χ2v) is 5.51. The molecule has 0 fully saturated rings. The third-order valence-electron chi connectivity index (χ3n) is 3.91. The van der Waals surface area contributed by atoms with Gasteiger partial charge in [-0.05, 0) is 18.6 Å². The number of hydrogen-bond donors (Lipinski definition) is 0. The molecule has 0 N–H and O–H groups in total. The molecule has 2 aromatic carbocycles. The van der Waals surface area contributed by atoms with E-state index in [1.165, 1.54) is 0 Å². The van der Waals surface area contributed by atoms with E-state index in [4.69, 9.17) is 6.57 Å². The Balaban J connectivity index is 2.00. The van der Waals surface area contributed by atoms with Gasteiger partial charge in [0, 0.05) is 36.1 Å². The molecule has 3 rings (SSSR count). The average molecular weight is 288 g/mol. The van der Waals surface area contributed by atoms with E-state index in [9.17, 15) is 4.79 Å². The average Bonchev–Trinajstić information content (AvgIpc) is 2.87. The monoisotopic (exact) mass is 288 g/mol. The minimum absolute atomic E-state index is 0.0468. The van der Waals surface area contributed by atoms with Gasteiger partial charge in [0.05, 0.1) is 6.57 Å². The Morgan fingerprint density at radius 2 is 2.00 bits per heavy atom. The molecule has 3 nitrogen and oxygen atoms in total. The standard InChI is InChI=1S/C19H16N2O/c1-13-8-9-14(17(10-13)20-2)11-19(22)16-12-21(3)18-7-5-4-6-15(16)18/h4-10,12H,11H2,1,3H3. The maximum absolute atomic E-state index is 12.7. The molecule has 0 amide bonds. The summed E-state index contributed by atoms with van der Waals surface area (Å²) in [5, 5.41) is 0.964. The maximum atomic E-state index is 12.7. The number of carbonyl (C=O) groups excluding carboxylic acids is 1. The van der Waals surface area contributed by atoms with E-state index in [2.05, 4.69) is 4.85 Å². The Kier molecular flexibility index (Phi) is 3.52. The number of hydrogen-bond acceptors (Lipinski definition) is 1. The van der Waals surface area contributed by atoms with Crippen molar-refractivity contribution in [3.05, 3.63) is 76.8 Å². The van der Waals surface area contributed by atoms with Gasteiger partial charge in [0.1, 0.15) is 0 Å². The SMILES string of the molecule is [C-]#[N+]c1cc(C)ccc1CC(=O)c1cn(C)c2ccccc12. The van der Waals surface area contributed by atoms with Crippen LogP contribution in [-0.2, 0) is 13.5 Å². The molecular formula is C19H16N2O. The molecular weight excluding hydrogens is 272 g/mol. The number of aromatic nitrogens is 1. The molecule has 0 aliphatic carbocycles. The topological polar surface area (TPSA) is 26.4 Å². The second-order valence-electron chi connectivity index (χ2n) is 5.51. The molecule has 3 aromatic rings. The van der Waals surface area contributed by atoms with Gasteiger partial charge >= 0.3 is 0 Å². The van der Waals surface area contributed by atoms with E-state index in [0.717, 1.165) is 27.6 Å². The Labute approximate surface area is 129 Å². The van der Waals surface area contributed by atoms with Crippen LogP contribution in [0.1, 0.15) is 21.5 Å². The summed E-state index contributed by atoms with van der Waals surface area (Å²) in [5.74, 6) is 0.0468. The summed E-state index contributed by atoms with van der Waals surface area (Å²) in [5.41, 5.74) is 4.15. The third-order valence-corrected chi connectivity index (χ3v) is 3.91. The quantitative estimate of drug-likeness (QED) is 0.516. The fourth-order valence-corrected chi connectivity index (χ4v) is 2.76. The normalized spacial score (nSPS) is 10.6. The summed E-state index contributed by atoms with van der Waals surface area (Å²) in [7, 11) is 1.94. The molecule has 0 aliphatic heterocycles. The fraction of sp³-hybridized carbons (Fsp3) is 0.158. The lowest BCUT2D eigenvalue weighted by atomic mass is 10.00. The lowest BCUT2D eigenvalue weighted by Gasteiger charge is -2.04. The molecule has 0 spiro atoms. The van der Waals surface area contributed by atoms with Gasteiger partial charge < -0.3 is 4.57 Å². The van der Waals surface area contributed by atoms with Crippen LogP contribution in [0, 0.1) is 13.5 Å². The summed E-state index contributed by atoms with van der Waals surface area (Å²) < 4.78 is 1.97. The lowest BCUT2D eigenvalue weighted by Crippen LogP contribution is -2.03. The Bertz CT molecular complexity index is 913. The highest BCUT2D eigenvalue weighted by atomic mass is 16.1. The van der Waals surface area contributed by atoms with Crippen molar-refractivity contribution in [3.8, 4) is 0 Å². The summed E-state index contributed by atoms with van der Waals surface area (Å²) in [6, 6.07) is 13.5. The highest BCUT2D eigenvalue weighted by Gasteiger charge is 2.15. The second kappa shape index (κ2) is 5.50. The number of rotatable bonds is 3. The molecule has 0 bridgehead atoms. The molecule has 3 heteroatoms. The largest absolute Gasteiger partial charge is 0.350 e. The van der Waals surface area contributed by atoms with E-state index >= 15 is 0 Å². The van der Waals surface area contributed by atoms with Gasteiger partial charge in [-0.3, -0.25) is 4.79 Å². The van der Waals surface area contributed by atoms with Crippen molar-refractivity contribution in [1.29, 1.82) is 0 Å². The zero-order valence-electron chi connectivity index (χ0n) is 12.6. The van der Waals surface area contributed by atoms with Crippen LogP contribution in [0.25, 0.3) is 15.7 Å². The summed E-state index contributed by atoms with van der Waals surface area (Å²) >= 11 is 0. The van der Waals surface area contributed by atoms with E-state index in [-0.39, 0.29) is 12.2 Å². The minimum Gasteiger partial charge on any atom is -0.350 e. The van der Waals surface area contributed by atoms with E-state index in [1.54, 1.807) is 0 Å². The van der Waals surface area contributed by atoms with Crippen LogP contribution in [0.15, 0.2) is 48.7 Å². The molecule has 1 heterocycles. The first-order chi connectivity index (χ1) is 10.6. The van der Waals surface area contributed by atoms with Gasteiger partial charge in [0.25, 0.3) is 0 Å². The fourth-order valence-electron chi connectivity index (χ4n) is 2.76. The smallest absolute Gasteiger partial charge is 0.191 e. The highest BCUT2D eigenvalue weighted by Crippen LogP contribution is 2.25. The van der Waals surface area contributed by atoms with Crippen LogP contribution >= 0.6 is 0 Å². The van der Waals surface area contributed by atoms with Crippen molar-refractivity contribution < 1.29 is 4.79 Å². The molecule has 0 aliphatic rings. The van der Waals surface area contributed by atoms with Gasteiger partial charge in [-0.1, -0.05) is 42.0 Å². The summed E-state index contributed by atoms with van der Waals surface area (Å²) in [6.07, 6.45) is 2.13. The highest BCUT2D eigenvalue weighted by molar-refractivity contribution is 6.09. The molecule has 0 saturated carbocycles. The van der Waals surface area contributed by atoms with Crippen molar-refractivity contribution in [2.24, 2.45) is 7.05 Å². The van der Waals surface area contributed by atoms with Crippen LogP contribution in [-0.4, -0.2) is 10.4 Å². The van der Waals surface area contributed by atoms with Crippen LogP contribution in [0.3, 0.4) is 0 Å². The van der Waals surface area contributed by atoms with Crippen LogP contribution in [0.5, 0.6) is 0 Å². The van der Waals surface area contributed by atoms with Gasteiger partial charge in [-0.2, -0.15) is 0 Å². The van der Waals surface area contributed by atoms with Gasteiger partial charge in [0.15, 0.2) is 11.5 Å². The predicted molar refractivity (Wildman–Crippen MR) is 88.4 cm³/mol. The maximum Gasteiger partial charge on any atom is 0.191 e. The molecule has 0 saturated heterocycles. The molecule has 0 atom stereocenters. The summed E-state index contributed by atoms with van der Waals surface area (Å²) in [6.45, 7) is 9.22. The molecule has 0 unspecified atom stereocenters. The molecule has 108 valence electrons. The van der Waals surface area contributed by atoms with E-state index < -0.39 is 0 Å². The number of nitrogens with zero attached hydrogens (tertiary/aromatic N) is 2. The Morgan fingerprint density at radius 3 is 2.77 bits per heavy atom. The molecule has 1 aromatic heterocycles. The minimum atomic E-state index is 0.0468. The Morgan fingerprint density at radius 1 is 1.23 bits per heavy atom. The molecule has 22 heavy (non-hydrogen) atoms. The van der Waals surface area contributed by atoms with Gasteiger partial charge in [-0.15, -0.1) is 0 Å².